The summed E-state index contributed by atoms with van der Waals surface area (Å²) in [7, 11) is 0. The highest BCUT2D eigenvalue weighted by Crippen LogP contribution is 2.26. The van der Waals surface area contributed by atoms with Gasteiger partial charge in [0.25, 0.3) is 0 Å². The third kappa shape index (κ3) is 4.93. The first-order chi connectivity index (χ1) is 8.70. The van der Waals surface area contributed by atoms with Gasteiger partial charge in [0, 0.05) is 24.7 Å². The largest absolute Gasteiger partial charge is 0.337 e. The molecular weight excluding hydrogens is 297 g/mol. The van der Waals surface area contributed by atoms with Crippen LogP contribution in [-0.2, 0) is 11.3 Å². The molecule has 1 aromatic heterocycles. The van der Waals surface area contributed by atoms with Gasteiger partial charge in [-0.3, -0.25) is 9.78 Å². The Balaban J connectivity index is 0.00000180. The average Bonchev–Trinajstić information content (AvgIpc) is 2.83. The van der Waals surface area contributed by atoms with Crippen molar-refractivity contribution < 1.29 is 4.79 Å². The van der Waals surface area contributed by atoms with Crippen LogP contribution in [0.5, 0.6) is 0 Å². The molecule has 0 saturated heterocycles. The van der Waals surface area contributed by atoms with Gasteiger partial charge in [0.2, 0.25) is 5.91 Å². The van der Waals surface area contributed by atoms with Crippen LogP contribution in [0.25, 0.3) is 0 Å². The van der Waals surface area contributed by atoms with Crippen LogP contribution in [0.1, 0.15) is 31.9 Å². The molecule has 0 aromatic carbocycles. The van der Waals surface area contributed by atoms with Crippen LogP contribution in [0.3, 0.4) is 0 Å². The van der Waals surface area contributed by atoms with E-state index in [0.717, 1.165) is 31.5 Å². The minimum atomic E-state index is 0. The zero-order valence-electron chi connectivity index (χ0n) is 11.7. The first-order valence-electron chi connectivity index (χ1n) is 6.65. The second kappa shape index (κ2) is 9.16. The first-order valence-corrected chi connectivity index (χ1v) is 6.65. The number of halogens is 2. The lowest BCUT2D eigenvalue weighted by Crippen LogP contribution is -2.35. The second-order valence-electron chi connectivity index (χ2n) is 4.94. The summed E-state index contributed by atoms with van der Waals surface area (Å²) in [6, 6.07) is 5.99. The standard InChI is InChI=1S/C14H21N3O.2ClH/c1-2-17(10-13-5-3-4-8-16-13)14(18)11-6-7-12(15)9-11;;/h3-5,8,11-12H,2,6-7,9-10,15H2,1H3;2*1H. The van der Waals surface area contributed by atoms with Gasteiger partial charge in [-0.15, -0.1) is 24.8 Å². The molecule has 1 amide bonds. The van der Waals surface area contributed by atoms with Crippen molar-refractivity contribution in [1.82, 2.24) is 9.88 Å². The van der Waals surface area contributed by atoms with E-state index in [-0.39, 0.29) is 42.7 Å². The molecule has 2 atom stereocenters. The van der Waals surface area contributed by atoms with E-state index >= 15 is 0 Å². The van der Waals surface area contributed by atoms with Gasteiger partial charge in [-0.2, -0.15) is 0 Å². The summed E-state index contributed by atoms with van der Waals surface area (Å²) in [6.07, 6.45) is 4.49. The minimum absolute atomic E-state index is 0. The van der Waals surface area contributed by atoms with Gasteiger partial charge in [0.1, 0.15) is 0 Å². The summed E-state index contributed by atoms with van der Waals surface area (Å²) >= 11 is 0. The van der Waals surface area contributed by atoms with Gasteiger partial charge in [0.15, 0.2) is 0 Å². The molecule has 2 rings (SSSR count). The molecule has 1 aromatic rings. The van der Waals surface area contributed by atoms with E-state index in [4.69, 9.17) is 5.73 Å². The summed E-state index contributed by atoms with van der Waals surface area (Å²) in [5.74, 6) is 0.347. The predicted octanol–water partition coefficient (Wildman–Crippen LogP) is 2.40. The Labute approximate surface area is 132 Å². The average molecular weight is 320 g/mol. The monoisotopic (exact) mass is 319 g/mol. The molecule has 1 heterocycles. The summed E-state index contributed by atoms with van der Waals surface area (Å²) in [4.78, 5) is 18.5. The molecule has 0 bridgehead atoms. The highest BCUT2D eigenvalue weighted by atomic mass is 35.5. The number of nitrogens with two attached hydrogens (primary N) is 1. The Bertz CT molecular complexity index is 403. The molecule has 1 aliphatic carbocycles. The van der Waals surface area contributed by atoms with Crippen LogP contribution in [0.15, 0.2) is 24.4 Å². The summed E-state index contributed by atoms with van der Waals surface area (Å²) in [5.41, 5.74) is 6.81. The fourth-order valence-electron chi connectivity index (χ4n) is 2.53. The Morgan fingerprint density at radius 2 is 2.15 bits per heavy atom. The number of hydrogen-bond donors (Lipinski definition) is 1. The van der Waals surface area contributed by atoms with Crippen LogP contribution in [0.4, 0.5) is 0 Å². The molecule has 1 fully saturated rings. The fourth-order valence-corrected chi connectivity index (χ4v) is 2.53. The lowest BCUT2D eigenvalue weighted by Gasteiger charge is -2.23. The number of pyridine rings is 1. The number of aromatic nitrogens is 1. The number of amides is 1. The maximum Gasteiger partial charge on any atom is 0.226 e. The van der Waals surface area contributed by atoms with E-state index in [1.807, 2.05) is 30.0 Å². The smallest absolute Gasteiger partial charge is 0.226 e. The van der Waals surface area contributed by atoms with Gasteiger partial charge >= 0.3 is 0 Å². The maximum atomic E-state index is 12.4. The summed E-state index contributed by atoms with van der Waals surface area (Å²) < 4.78 is 0. The number of carbonyl (C=O) groups excluding carboxylic acids is 1. The molecule has 0 spiro atoms. The van der Waals surface area contributed by atoms with Crippen molar-refractivity contribution in [3.8, 4) is 0 Å². The van der Waals surface area contributed by atoms with Crippen LogP contribution in [-0.4, -0.2) is 28.4 Å². The van der Waals surface area contributed by atoms with E-state index < -0.39 is 0 Å². The Morgan fingerprint density at radius 3 is 2.65 bits per heavy atom. The molecule has 2 unspecified atom stereocenters. The Hall–Kier alpha value is -0.840. The van der Waals surface area contributed by atoms with Crippen LogP contribution < -0.4 is 5.73 Å². The van der Waals surface area contributed by atoms with Crippen molar-refractivity contribution in [3.05, 3.63) is 30.1 Å². The first kappa shape index (κ1) is 19.2. The van der Waals surface area contributed by atoms with Crippen molar-refractivity contribution in [2.75, 3.05) is 6.54 Å². The van der Waals surface area contributed by atoms with Crippen molar-refractivity contribution >= 4 is 30.7 Å². The molecule has 2 N–H and O–H groups in total. The highest BCUT2D eigenvalue weighted by molar-refractivity contribution is 5.85. The third-order valence-electron chi connectivity index (χ3n) is 3.59. The van der Waals surface area contributed by atoms with Gasteiger partial charge in [-0.1, -0.05) is 6.07 Å². The van der Waals surface area contributed by atoms with E-state index in [9.17, 15) is 4.79 Å². The normalized spacial score (nSPS) is 20.7. The molecule has 1 saturated carbocycles. The highest BCUT2D eigenvalue weighted by Gasteiger charge is 2.30. The molecule has 20 heavy (non-hydrogen) atoms. The van der Waals surface area contributed by atoms with E-state index in [2.05, 4.69) is 4.98 Å². The van der Waals surface area contributed by atoms with Gasteiger partial charge in [-0.05, 0) is 38.3 Å². The van der Waals surface area contributed by atoms with Gasteiger partial charge < -0.3 is 10.6 Å². The Morgan fingerprint density at radius 1 is 1.40 bits per heavy atom. The number of nitrogens with zero attached hydrogens (tertiary/aromatic N) is 2. The molecule has 114 valence electrons. The molecular formula is C14H23Cl2N3O. The quantitative estimate of drug-likeness (QED) is 0.927. The summed E-state index contributed by atoms with van der Waals surface area (Å²) in [5, 5.41) is 0. The molecule has 1 aliphatic rings. The fraction of sp³-hybridized carbons (Fsp3) is 0.571. The number of rotatable bonds is 4. The zero-order chi connectivity index (χ0) is 13.0. The third-order valence-corrected chi connectivity index (χ3v) is 3.59. The van der Waals surface area contributed by atoms with Crippen LogP contribution in [0.2, 0.25) is 0 Å². The SMILES string of the molecule is CCN(Cc1ccccn1)C(=O)C1CCC(N)C1.Cl.Cl. The van der Waals surface area contributed by atoms with E-state index in [0.29, 0.717) is 6.54 Å². The predicted molar refractivity (Wildman–Crippen MR) is 85.1 cm³/mol. The topological polar surface area (TPSA) is 59.2 Å². The summed E-state index contributed by atoms with van der Waals surface area (Å²) in [6.45, 7) is 3.33. The molecule has 0 aliphatic heterocycles. The molecule has 4 nitrogen and oxygen atoms in total. The van der Waals surface area contributed by atoms with Gasteiger partial charge in [0.05, 0.1) is 12.2 Å². The number of carbonyl (C=O) groups is 1. The van der Waals surface area contributed by atoms with E-state index in [1.54, 1.807) is 6.20 Å². The minimum Gasteiger partial charge on any atom is -0.337 e. The Kier molecular flexibility index (Phi) is 8.78. The molecule has 6 heteroatoms. The lowest BCUT2D eigenvalue weighted by molar-refractivity contribution is -0.135. The number of hydrogen-bond acceptors (Lipinski definition) is 3. The van der Waals surface area contributed by atoms with Crippen molar-refractivity contribution in [3.63, 3.8) is 0 Å². The second-order valence-corrected chi connectivity index (χ2v) is 4.94. The van der Waals surface area contributed by atoms with Crippen molar-refractivity contribution in [1.29, 1.82) is 0 Å². The zero-order valence-corrected chi connectivity index (χ0v) is 13.3. The van der Waals surface area contributed by atoms with E-state index in [1.165, 1.54) is 0 Å². The van der Waals surface area contributed by atoms with Crippen LogP contribution >= 0.6 is 24.8 Å². The molecule has 0 radical (unpaired) electrons. The van der Waals surface area contributed by atoms with Crippen molar-refractivity contribution in [2.24, 2.45) is 11.7 Å². The van der Waals surface area contributed by atoms with Crippen molar-refractivity contribution in [2.45, 2.75) is 38.8 Å². The lowest BCUT2D eigenvalue weighted by atomic mass is 10.1. The van der Waals surface area contributed by atoms with Crippen LogP contribution in [0, 0.1) is 5.92 Å². The van der Waals surface area contributed by atoms with Gasteiger partial charge in [-0.25, -0.2) is 0 Å². The maximum absolute atomic E-state index is 12.4.